The minimum Gasteiger partial charge on any atom is -0.308 e. The van der Waals surface area contributed by atoms with Gasteiger partial charge in [0.15, 0.2) is 7.14 Å². The maximum absolute atomic E-state index is 11.8. The van der Waals surface area contributed by atoms with E-state index in [9.17, 15) is 4.57 Å². The zero-order valence-electron chi connectivity index (χ0n) is 6.39. The first kappa shape index (κ1) is 6.46. The number of rotatable bonds is 1. The number of thiazole rings is 1. The molecule has 5 heteroatoms. The molecule has 1 aromatic heterocycles. The van der Waals surface area contributed by atoms with Crippen molar-refractivity contribution >= 4 is 24.2 Å². The Labute approximate surface area is 77.9 Å². The first-order chi connectivity index (χ1) is 6.33. The van der Waals surface area contributed by atoms with Gasteiger partial charge in [-0.25, -0.2) is 4.98 Å². The third-order valence-corrected chi connectivity index (χ3v) is 5.87. The van der Waals surface area contributed by atoms with Crippen molar-refractivity contribution in [3.63, 3.8) is 0 Å². The van der Waals surface area contributed by atoms with Gasteiger partial charge in [0.1, 0.15) is 11.4 Å². The van der Waals surface area contributed by atoms with Gasteiger partial charge in [0.25, 0.3) is 0 Å². The molecule has 0 amide bonds. The standard InChI is InChI=1S/C8H3N2OPS/c11-12-5-1-9-6(8(12)7(5)12)4-2-13-3-10-4/h1-3H. The quantitative estimate of drug-likeness (QED) is 0.662. The summed E-state index contributed by atoms with van der Waals surface area (Å²) in [6, 6.07) is 0. The minimum absolute atomic E-state index is 0.842. The molecule has 0 radical (unpaired) electrons. The minimum atomic E-state index is -2.01. The summed E-state index contributed by atoms with van der Waals surface area (Å²) < 4.78 is 11.8. The van der Waals surface area contributed by atoms with Gasteiger partial charge >= 0.3 is 0 Å². The zero-order valence-corrected chi connectivity index (χ0v) is 8.10. The van der Waals surface area contributed by atoms with E-state index in [2.05, 4.69) is 9.98 Å². The van der Waals surface area contributed by atoms with E-state index >= 15 is 0 Å². The lowest BCUT2D eigenvalue weighted by molar-refractivity contribution is 0.596. The van der Waals surface area contributed by atoms with E-state index in [1.165, 1.54) is 11.3 Å². The van der Waals surface area contributed by atoms with Crippen molar-refractivity contribution in [2.75, 3.05) is 0 Å². The van der Waals surface area contributed by atoms with Crippen LogP contribution in [0.3, 0.4) is 0 Å². The summed E-state index contributed by atoms with van der Waals surface area (Å²) in [5.74, 6) is 0. The summed E-state index contributed by atoms with van der Waals surface area (Å²) in [5, 5.41) is 5.03. The summed E-state index contributed by atoms with van der Waals surface area (Å²) in [6.07, 6.45) is 1.73. The fraction of sp³-hybridized carbons (Fsp3) is 0. The normalized spacial score (nSPS) is 32.3. The topological polar surface area (TPSA) is 42.3 Å². The van der Waals surface area contributed by atoms with Gasteiger partial charge in [-0.3, -0.25) is 4.99 Å². The Morgan fingerprint density at radius 3 is 2.85 bits per heavy atom. The molecule has 1 unspecified atom stereocenters. The van der Waals surface area contributed by atoms with Gasteiger partial charge in [-0.2, -0.15) is 0 Å². The van der Waals surface area contributed by atoms with Gasteiger partial charge in [-0.05, 0) is 0 Å². The molecule has 0 N–H and O–H groups in total. The number of hydrogen-bond acceptors (Lipinski definition) is 4. The first-order valence-electron chi connectivity index (χ1n) is 3.87. The fourth-order valence-corrected chi connectivity index (χ4v) is 4.97. The number of nitrogens with zero attached hydrogens (tertiary/aromatic N) is 2. The molecule has 4 heterocycles. The Kier molecular flexibility index (Phi) is 0.811. The molecule has 0 saturated carbocycles. The lowest BCUT2D eigenvalue weighted by Crippen LogP contribution is -2.02. The van der Waals surface area contributed by atoms with Crippen molar-refractivity contribution < 1.29 is 4.57 Å². The number of aliphatic imine (C=N–C) groups is 1. The zero-order chi connectivity index (χ0) is 8.63. The van der Waals surface area contributed by atoms with E-state index in [0.717, 1.165) is 27.3 Å². The molecule has 3 nitrogen and oxygen atoms in total. The van der Waals surface area contributed by atoms with E-state index in [1.54, 1.807) is 11.7 Å². The van der Waals surface area contributed by atoms with Crippen LogP contribution < -0.4 is 0 Å². The number of allylic oxidation sites excluding steroid dienone is 3. The number of aromatic nitrogens is 1. The second-order valence-electron chi connectivity index (χ2n) is 3.17. The molecule has 0 aliphatic carbocycles. The Morgan fingerprint density at radius 1 is 1.38 bits per heavy atom. The van der Waals surface area contributed by atoms with E-state index in [1.807, 2.05) is 5.38 Å². The average Bonchev–Trinajstić information content (AvgIpc) is 2.86. The molecule has 13 heavy (non-hydrogen) atoms. The molecule has 4 rings (SSSR count). The van der Waals surface area contributed by atoms with Crippen LogP contribution in [0.2, 0.25) is 0 Å². The molecule has 1 aromatic rings. The predicted octanol–water partition coefficient (Wildman–Crippen LogP) is 2.39. The molecule has 3 aliphatic rings. The van der Waals surface area contributed by atoms with Crippen molar-refractivity contribution in [3.05, 3.63) is 38.7 Å². The van der Waals surface area contributed by atoms with Gasteiger partial charge in [-0.15, -0.1) is 11.3 Å². The van der Waals surface area contributed by atoms with Crippen LogP contribution in [0.25, 0.3) is 0 Å². The van der Waals surface area contributed by atoms with Crippen molar-refractivity contribution in [1.29, 1.82) is 0 Å². The molecule has 0 bridgehead atoms. The predicted molar refractivity (Wildman–Crippen MR) is 51.4 cm³/mol. The number of hydrogen-bond donors (Lipinski definition) is 0. The van der Waals surface area contributed by atoms with Crippen LogP contribution in [0.5, 0.6) is 0 Å². The van der Waals surface area contributed by atoms with Gasteiger partial charge in [0.05, 0.1) is 16.1 Å². The van der Waals surface area contributed by atoms with E-state index < -0.39 is 7.14 Å². The Hall–Kier alpha value is -0.990. The summed E-state index contributed by atoms with van der Waals surface area (Å²) in [4.78, 5) is 8.40. The van der Waals surface area contributed by atoms with Gasteiger partial charge in [0.2, 0.25) is 0 Å². The highest BCUT2D eigenvalue weighted by molar-refractivity contribution is 7.95. The maximum Gasteiger partial charge on any atom is 0.178 e. The van der Waals surface area contributed by atoms with Crippen LogP contribution in [-0.2, 0) is 4.57 Å². The first-order valence-corrected chi connectivity index (χ1v) is 6.52. The third-order valence-electron chi connectivity index (χ3n) is 2.55. The van der Waals surface area contributed by atoms with Crippen molar-refractivity contribution in [1.82, 2.24) is 4.98 Å². The second kappa shape index (κ2) is 1.63. The maximum atomic E-state index is 11.8. The number of fused-ring (bicyclic) bond motifs is 1. The summed E-state index contributed by atoms with van der Waals surface area (Å²) in [7, 11) is -2.01. The van der Waals surface area contributed by atoms with E-state index in [4.69, 9.17) is 0 Å². The molecule has 1 fully saturated rings. The smallest absolute Gasteiger partial charge is 0.178 e. The van der Waals surface area contributed by atoms with Crippen LogP contribution in [0.15, 0.2) is 38.0 Å². The van der Waals surface area contributed by atoms with Crippen LogP contribution in [0.4, 0.5) is 0 Å². The van der Waals surface area contributed by atoms with Crippen LogP contribution in [-0.4, -0.2) is 10.7 Å². The van der Waals surface area contributed by atoms with Crippen LogP contribution in [0, 0.1) is 0 Å². The van der Waals surface area contributed by atoms with Crippen molar-refractivity contribution in [2.45, 2.75) is 0 Å². The SMILES string of the molecule is O=P12c3cnc(-c4cscn4)c1c32. The summed E-state index contributed by atoms with van der Waals surface area (Å²) in [6.45, 7) is 0. The highest BCUT2D eigenvalue weighted by Gasteiger charge is 2.73. The molecule has 1 saturated heterocycles. The molecular weight excluding hydrogens is 203 g/mol. The fourth-order valence-electron chi connectivity index (χ4n) is 1.77. The lowest BCUT2D eigenvalue weighted by atomic mass is 10.2. The molecule has 1 atom stereocenters. The molecular formula is C8H3N2OPS. The van der Waals surface area contributed by atoms with Crippen LogP contribution in [0.1, 0.15) is 5.69 Å². The van der Waals surface area contributed by atoms with Gasteiger partial charge in [0, 0.05) is 16.9 Å². The lowest BCUT2D eigenvalue weighted by Gasteiger charge is -2.03. The third kappa shape index (κ3) is 0.531. The molecule has 0 spiro atoms. The second-order valence-corrected chi connectivity index (χ2v) is 6.49. The Bertz CT molecular complexity index is 579. The van der Waals surface area contributed by atoms with Crippen LogP contribution >= 0.6 is 18.5 Å². The van der Waals surface area contributed by atoms with Gasteiger partial charge < -0.3 is 4.57 Å². The summed E-state index contributed by atoms with van der Waals surface area (Å²) >= 11 is 1.54. The largest absolute Gasteiger partial charge is 0.308 e. The average molecular weight is 206 g/mol. The molecule has 3 aliphatic heterocycles. The van der Waals surface area contributed by atoms with E-state index in [0.29, 0.717) is 0 Å². The van der Waals surface area contributed by atoms with Gasteiger partial charge in [-0.1, -0.05) is 0 Å². The van der Waals surface area contributed by atoms with Crippen molar-refractivity contribution in [3.8, 4) is 0 Å². The molecule has 62 valence electrons. The molecule has 0 aromatic carbocycles. The van der Waals surface area contributed by atoms with E-state index in [-0.39, 0.29) is 0 Å². The highest BCUT2D eigenvalue weighted by Crippen LogP contribution is 3.02. The Morgan fingerprint density at radius 2 is 2.23 bits per heavy atom. The summed E-state index contributed by atoms with van der Waals surface area (Å²) in [5.41, 5.74) is 3.48. The van der Waals surface area contributed by atoms with Crippen molar-refractivity contribution in [2.24, 2.45) is 4.99 Å². The highest BCUT2D eigenvalue weighted by atomic mass is 32.1. The monoisotopic (exact) mass is 206 g/mol. The Balaban J connectivity index is 1.96.